The lowest BCUT2D eigenvalue weighted by Gasteiger charge is -2.04. The standard InChI is InChI=1S/C14H11ClN2O3/c1-8(15)14-10(16-2)5-12(20-14)9-4-13(19-3)11(7-18)17-6-9/h4-7H,1-2H2,3H3. The second-order valence-corrected chi connectivity index (χ2v) is 4.27. The molecule has 2 heterocycles. The zero-order chi connectivity index (χ0) is 14.7. The van der Waals surface area contributed by atoms with E-state index in [1.807, 2.05) is 0 Å². The van der Waals surface area contributed by atoms with Crippen LogP contribution < -0.4 is 4.74 Å². The Balaban J connectivity index is 2.54. The second-order valence-electron chi connectivity index (χ2n) is 3.82. The van der Waals surface area contributed by atoms with Crippen molar-refractivity contribution in [2.24, 2.45) is 4.99 Å². The number of carbonyl (C=O) groups excluding carboxylic acids is 1. The van der Waals surface area contributed by atoms with E-state index in [4.69, 9.17) is 20.8 Å². The third kappa shape index (κ3) is 2.48. The number of rotatable bonds is 5. The minimum atomic E-state index is 0.215. The zero-order valence-electron chi connectivity index (χ0n) is 10.7. The normalized spacial score (nSPS) is 10.1. The van der Waals surface area contributed by atoms with Gasteiger partial charge in [0.1, 0.15) is 22.9 Å². The number of nitrogens with zero attached hydrogens (tertiary/aromatic N) is 2. The molecule has 0 radical (unpaired) electrons. The van der Waals surface area contributed by atoms with E-state index < -0.39 is 0 Å². The summed E-state index contributed by atoms with van der Waals surface area (Å²) in [4.78, 5) is 18.6. The number of hydrogen-bond acceptors (Lipinski definition) is 5. The van der Waals surface area contributed by atoms with Crippen LogP contribution in [0.1, 0.15) is 16.2 Å². The third-order valence-corrected chi connectivity index (χ3v) is 2.80. The van der Waals surface area contributed by atoms with Gasteiger partial charge in [-0.05, 0) is 12.8 Å². The summed E-state index contributed by atoms with van der Waals surface area (Å²) in [6, 6.07) is 3.30. The lowest BCUT2D eigenvalue weighted by molar-refractivity contribution is 0.111. The van der Waals surface area contributed by atoms with Gasteiger partial charge >= 0.3 is 0 Å². The molecule has 0 aliphatic carbocycles. The lowest BCUT2D eigenvalue weighted by Crippen LogP contribution is -1.94. The Morgan fingerprint density at radius 2 is 2.30 bits per heavy atom. The van der Waals surface area contributed by atoms with Crippen LogP contribution in [0.5, 0.6) is 5.75 Å². The van der Waals surface area contributed by atoms with Gasteiger partial charge in [-0.25, -0.2) is 4.98 Å². The summed E-state index contributed by atoms with van der Waals surface area (Å²) >= 11 is 5.83. The number of furan rings is 1. The molecule has 2 rings (SSSR count). The SMILES string of the molecule is C=Nc1cc(-c2cnc(C=O)c(OC)c2)oc1C(=C)Cl. The molecule has 6 heteroatoms. The fourth-order valence-electron chi connectivity index (χ4n) is 1.68. The Morgan fingerprint density at radius 1 is 1.55 bits per heavy atom. The van der Waals surface area contributed by atoms with Gasteiger partial charge in [-0.15, -0.1) is 0 Å². The summed E-state index contributed by atoms with van der Waals surface area (Å²) in [5.41, 5.74) is 1.33. The van der Waals surface area contributed by atoms with E-state index in [1.54, 1.807) is 12.1 Å². The molecule has 5 nitrogen and oxygen atoms in total. The van der Waals surface area contributed by atoms with E-state index in [0.717, 1.165) is 0 Å². The molecule has 0 amide bonds. The first kappa shape index (κ1) is 14.0. The van der Waals surface area contributed by atoms with E-state index in [0.29, 0.717) is 34.8 Å². The largest absolute Gasteiger partial charge is 0.494 e. The molecular weight excluding hydrogens is 280 g/mol. The van der Waals surface area contributed by atoms with Crippen molar-refractivity contribution in [2.45, 2.75) is 0 Å². The third-order valence-electron chi connectivity index (χ3n) is 2.63. The van der Waals surface area contributed by atoms with Gasteiger partial charge in [0.2, 0.25) is 0 Å². The van der Waals surface area contributed by atoms with Crippen molar-refractivity contribution in [1.82, 2.24) is 4.98 Å². The monoisotopic (exact) mass is 290 g/mol. The highest BCUT2D eigenvalue weighted by molar-refractivity contribution is 6.48. The van der Waals surface area contributed by atoms with Crippen molar-refractivity contribution >= 4 is 35.3 Å². The van der Waals surface area contributed by atoms with Crippen LogP contribution in [0.3, 0.4) is 0 Å². The molecule has 0 aliphatic rings. The predicted octanol–water partition coefficient (Wildman–Crippen LogP) is 3.70. The van der Waals surface area contributed by atoms with Crippen molar-refractivity contribution in [3.05, 3.63) is 36.4 Å². The Hall–Kier alpha value is -2.40. The Morgan fingerprint density at radius 3 is 2.80 bits per heavy atom. The van der Waals surface area contributed by atoms with Crippen LogP contribution in [-0.4, -0.2) is 25.1 Å². The van der Waals surface area contributed by atoms with Crippen molar-refractivity contribution < 1.29 is 13.9 Å². The number of pyridine rings is 1. The number of aldehydes is 1. The molecule has 2 aromatic heterocycles. The van der Waals surface area contributed by atoms with E-state index >= 15 is 0 Å². The lowest BCUT2D eigenvalue weighted by atomic mass is 10.2. The van der Waals surface area contributed by atoms with Gasteiger partial charge in [-0.2, -0.15) is 0 Å². The van der Waals surface area contributed by atoms with Crippen molar-refractivity contribution in [2.75, 3.05) is 7.11 Å². The number of halogens is 1. The van der Waals surface area contributed by atoms with Crippen LogP contribution in [0.4, 0.5) is 5.69 Å². The quantitative estimate of drug-likeness (QED) is 0.622. The highest BCUT2D eigenvalue weighted by atomic mass is 35.5. The molecular formula is C14H11ClN2O3. The Bertz CT molecular complexity index is 692. The van der Waals surface area contributed by atoms with Crippen LogP contribution in [0, 0.1) is 0 Å². The molecule has 0 saturated carbocycles. The number of aromatic nitrogens is 1. The maximum atomic E-state index is 10.8. The molecule has 2 aromatic rings. The highest BCUT2D eigenvalue weighted by Crippen LogP contribution is 2.36. The van der Waals surface area contributed by atoms with Crippen molar-refractivity contribution in [3.8, 4) is 17.1 Å². The van der Waals surface area contributed by atoms with Gasteiger partial charge in [0.05, 0.1) is 12.1 Å². The summed E-state index contributed by atoms with van der Waals surface area (Å²) in [6.07, 6.45) is 2.12. The molecule has 0 aliphatic heterocycles. The van der Waals surface area contributed by atoms with Gasteiger partial charge in [0.15, 0.2) is 12.0 Å². The zero-order valence-corrected chi connectivity index (χ0v) is 11.5. The minimum Gasteiger partial charge on any atom is -0.494 e. The molecule has 0 aromatic carbocycles. The number of methoxy groups -OCH3 is 1. The van der Waals surface area contributed by atoms with E-state index in [9.17, 15) is 4.79 Å². The van der Waals surface area contributed by atoms with Gasteiger partial charge < -0.3 is 9.15 Å². The first-order chi connectivity index (χ1) is 9.60. The number of ether oxygens (including phenoxy) is 1. The van der Waals surface area contributed by atoms with E-state index in [2.05, 4.69) is 23.3 Å². The summed E-state index contributed by atoms with van der Waals surface area (Å²) in [6.45, 7) is 7.05. The Kier molecular flexibility index (Phi) is 4.00. The molecule has 0 unspecified atom stereocenters. The molecule has 0 N–H and O–H groups in total. The molecule has 0 atom stereocenters. The fraction of sp³-hybridized carbons (Fsp3) is 0.0714. The molecule has 102 valence electrons. The average molecular weight is 291 g/mol. The van der Waals surface area contributed by atoms with Crippen LogP contribution in [-0.2, 0) is 0 Å². The molecule has 0 bridgehead atoms. The average Bonchev–Trinajstić information content (AvgIpc) is 2.91. The predicted molar refractivity (Wildman–Crippen MR) is 78.0 cm³/mol. The van der Waals surface area contributed by atoms with Crippen LogP contribution in [0.25, 0.3) is 16.4 Å². The fourth-order valence-corrected chi connectivity index (χ4v) is 1.81. The topological polar surface area (TPSA) is 64.7 Å². The summed E-state index contributed by atoms with van der Waals surface area (Å²) < 4.78 is 10.7. The van der Waals surface area contributed by atoms with Crippen LogP contribution >= 0.6 is 11.6 Å². The van der Waals surface area contributed by atoms with Gasteiger partial charge in [0.25, 0.3) is 0 Å². The molecule has 20 heavy (non-hydrogen) atoms. The maximum Gasteiger partial charge on any atom is 0.172 e. The summed E-state index contributed by atoms with van der Waals surface area (Å²) in [5, 5.41) is 0.225. The van der Waals surface area contributed by atoms with E-state index in [-0.39, 0.29) is 10.7 Å². The molecule has 0 fully saturated rings. The van der Waals surface area contributed by atoms with Gasteiger partial charge in [0, 0.05) is 17.8 Å². The van der Waals surface area contributed by atoms with E-state index in [1.165, 1.54) is 13.3 Å². The number of carbonyl (C=O) groups is 1. The van der Waals surface area contributed by atoms with Gasteiger partial charge in [-0.3, -0.25) is 9.79 Å². The summed E-state index contributed by atoms with van der Waals surface area (Å²) in [7, 11) is 1.46. The Labute approximate surface area is 120 Å². The minimum absolute atomic E-state index is 0.215. The maximum absolute atomic E-state index is 10.8. The highest BCUT2D eigenvalue weighted by Gasteiger charge is 2.15. The molecule has 0 saturated heterocycles. The van der Waals surface area contributed by atoms with Crippen molar-refractivity contribution in [1.29, 1.82) is 0 Å². The summed E-state index contributed by atoms with van der Waals surface area (Å²) in [5.74, 6) is 1.18. The van der Waals surface area contributed by atoms with Crippen LogP contribution in [0.15, 0.2) is 34.3 Å². The second kappa shape index (κ2) is 5.71. The first-order valence-corrected chi connectivity index (χ1v) is 5.93. The number of aliphatic imine (C=N–C) groups is 1. The number of hydrogen-bond donors (Lipinski definition) is 0. The van der Waals surface area contributed by atoms with Crippen LogP contribution in [0.2, 0.25) is 0 Å². The first-order valence-electron chi connectivity index (χ1n) is 5.55. The molecule has 0 spiro atoms. The van der Waals surface area contributed by atoms with Gasteiger partial charge in [-0.1, -0.05) is 18.2 Å². The van der Waals surface area contributed by atoms with Crippen molar-refractivity contribution in [3.63, 3.8) is 0 Å². The smallest absolute Gasteiger partial charge is 0.172 e.